The van der Waals surface area contributed by atoms with Crippen LogP contribution in [0.2, 0.25) is 0 Å². The van der Waals surface area contributed by atoms with Gasteiger partial charge in [0.15, 0.2) is 11.5 Å². The monoisotopic (exact) mass is 371 g/mol. The predicted molar refractivity (Wildman–Crippen MR) is 106 cm³/mol. The number of methoxy groups -OCH3 is 1. The van der Waals surface area contributed by atoms with E-state index in [1.165, 1.54) is 5.56 Å². The third-order valence-corrected chi connectivity index (χ3v) is 4.26. The van der Waals surface area contributed by atoms with Gasteiger partial charge in [0.2, 0.25) is 0 Å². The zero-order chi connectivity index (χ0) is 19.8. The molecule has 0 heterocycles. The van der Waals surface area contributed by atoms with Crippen molar-refractivity contribution in [2.75, 3.05) is 7.11 Å². The second-order valence-corrected chi connectivity index (χ2v) is 7.16. The van der Waals surface area contributed by atoms with Crippen LogP contribution in [-0.2, 0) is 17.9 Å². The van der Waals surface area contributed by atoms with E-state index in [0.29, 0.717) is 37.0 Å². The Hall–Kier alpha value is -2.53. The second-order valence-electron chi connectivity index (χ2n) is 7.16. The minimum atomic E-state index is -0.825. The maximum atomic E-state index is 11.4. The highest BCUT2D eigenvalue weighted by atomic mass is 16.5. The van der Waals surface area contributed by atoms with Gasteiger partial charge in [0, 0.05) is 6.54 Å². The van der Waals surface area contributed by atoms with Gasteiger partial charge in [-0.05, 0) is 42.5 Å². The summed E-state index contributed by atoms with van der Waals surface area (Å²) in [6.07, 6.45) is 0.587. The van der Waals surface area contributed by atoms with E-state index in [9.17, 15) is 9.90 Å². The molecule has 0 aliphatic carbocycles. The van der Waals surface area contributed by atoms with E-state index < -0.39 is 12.0 Å². The fourth-order valence-electron chi connectivity index (χ4n) is 2.89. The summed E-state index contributed by atoms with van der Waals surface area (Å²) in [5.41, 5.74) is 3.24. The molecule has 2 aromatic rings. The molecule has 0 fully saturated rings. The Morgan fingerprint density at radius 1 is 1.11 bits per heavy atom. The number of carboxylic acids is 1. The highest BCUT2D eigenvalue weighted by Crippen LogP contribution is 2.29. The molecular weight excluding hydrogens is 342 g/mol. The quantitative estimate of drug-likeness (QED) is 0.656. The van der Waals surface area contributed by atoms with E-state index in [1.54, 1.807) is 7.11 Å². The lowest BCUT2D eigenvalue weighted by Crippen LogP contribution is -2.37. The lowest BCUT2D eigenvalue weighted by atomic mass is 10.0. The van der Waals surface area contributed by atoms with E-state index in [4.69, 9.17) is 9.47 Å². The molecule has 1 unspecified atom stereocenters. The van der Waals surface area contributed by atoms with Crippen LogP contribution in [-0.4, -0.2) is 24.2 Å². The molecule has 1 atom stereocenters. The number of aliphatic carboxylic acids is 1. The van der Waals surface area contributed by atoms with Gasteiger partial charge in [-0.2, -0.15) is 0 Å². The summed E-state index contributed by atoms with van der Waals surface area (Å²) in [5.74, 6) is 0.789. The maximum absolute atomic E-state index is 11.4. The molecule has 5 nitrogen and oxygen atoms in total. The lowest BCUT2D eigenvalue weighted by Gasteiger charge is -2.17. The smallest absolute Gasteiger partial charge is 0.320 e. The number of hydrogen-bond acceptors (Lipinski definition) is 4. The van der Waals surface area contributed by atoms with Crippen molar-refractivity contribution < 1.29 is 19.4 Å². The Morgan fingerprint density at radius 3 is 2.52 bits per heavy atom. The number of nitrogens with one attached hydrogen (secondary N) is 1. The number of carboxylic acid groups (broad SMARTS) is 1. The summed E-state index contributed by atoms with van der Waals surface area (Å²) in [6.45, 7) is 7.00. The summed E-state index contributed by atoms with van der Waals surface area (Å²) < 4.78 is 11.3. The molecule has 0 aromatic heterocycles. The summed E-state index contributed by atoms with van der Waals surface area (Å²) in [7, 11) is 1.60. The van der Waals surface area contributed by atoms with Crippen LogP contribution in [0.25, 0.3) is 0 Å². The van der Waals surface area contributed by atoms with Gasteiger partial charge in [0.25, 0.3) is 0 Å². The number of benzene rings is 2. The summed E-state index contributed by atoms with van der Waals surface area (Å²) >= 11 is 0. The molecule has 0 amide bonds. The first kappa shape index (κ1) is 20.8. The summed E-state index contributed by atoms with van der Waals surface area (Å²) in [4.78, 5) is 11.4. The van der Waals surface area contributed by atoms with E-state index in [1.807, 2.05) is 44.2 Å². The van der Waals surface area contributed by atoms with Crippen LogP contribution in [0.1, 0.15) is 37.0 Å². The van der Waals surface area contributed by atoms with Gasteiger partial charge in [-0.1, -0.05) is 49.7 Å². The van der Waals surface area contributed by atoms with Gasteiger partial charge in [-0.3, -0.25) is 4.79 Å². The Labute approximate surface area is 161 Å². The lowest BCUT2D eigenvalue weighted by molar-refractivity contribution is -0.140. The van der Waals surface area contributed by atoms with Crippen LogP contribution >= 0.6 is 0 Å². The van der Waals surface area contributed by atoms with Crippen molar-refractivity contribution >= 4 is 5.97 Å². The molecule has 0 bridgehead atoms. The number of carbonyl (C=O) groups is 1. The molecule has 0 aliphatic rings. The number of rotatable bonds is 10. The van der Waals surface area contributed by atoms with Crippen LogP contribution in [0, 0.1) is 12.8 Å². The Bertz CT molecular complexity index is 758. The molecule has 2 N–H and O–H groups in total. The summed E-state index contributed by atoms with van der Waals surface area (Å²) in [5, 5.41) is 12.4. The first-order valence-corrected chi connectivity index (χ1v) is 9.20. The van der Waals surface area contributed by atoms with Gasteiger partial charge in [-0.15, -0.1) is 0 Å². The van der Waals surface area contributed by atoms with E-state index in [0.717, 1.165) is 11.1 Å². The topological polar surface area (TPSA) is 67.8 Å². The normalized spacial score (nSPS) is 12.0. The molecule has 0 radical (unpaired) electrons. The van der Waals surface area contributed by atoms with Crippen molar-refractivity contribution in [2.45, 2.75) is 46.4 Å². The third-order valence-electron chi connectivity index (χ3n) is 4.26. The fourth-order valence-corrected chi connectivity index (χ4v) is 2.89. The number of ether oxygens (including phenoxy) is 2. The van der Waals surface area contributed by atoms with Crippen molar-refractivity contribution in [1.29, 1.82) is 0 Å². The van der Waals surface area contributed by atoms with Crippen molar-refractivity contribution in [3.8, 4) is 11.5 Å². The van der Waals surface area contributed by atoms with Crippen LogP contribution in [0.4, 0.5) is 0 Å². The van der Waals surface area contributed by atoms with Crippen molar-refractivity contribution in [3.63, 3.8) is 0 Å². The number of hydrogen-bond donors (Lipinski definition) is 2. The Morgan fingerprint density at radius 2 is 1.89 bits per heavy atom. The Balaban J connectivity index is 2.01. The van der Waals surface area contributed by atoms with E-state index in [2.05, 4.69) is 24.4 Å². The first-order valence-electron chi connectivity index (χ1n) is 9.20. The molecule has 27 heavy (non-hydrogen) atoms. The summed E-state index contributed by atoms with van der Waals surface area (Å²) in [6, 6.07) is 13.3. The van der Waals surface area contributed by atoms with Gasteiger partial charge >= 0.3 is 5.97 Å². The number of aryl methyl sites for hydroxylation is 1. The van der Waals surface area contributed by atoms with Gasteiger partial charge in [0.05, 0.1) is 7.11 Å². The highest BCUT2D eigenvalue weighted by Gasteiger charge is 2.18. The molecule has 146 valence electrons. The zero-order valence-corrected chi connectivity index (χ0v) is 16.5. The molecule has 0 saturated heterocycles. The molecule has 0 aliphatic heterocycles. The average Bonchev–Trinajstić information content (AvgIpc) is 2.63. The third kappa shape index (κ3) is 6.61. The predicted octanol–water partition coefficient (Wildman–Crippen LogP) is 4.17. The Kier molecular flexibility index (Phi) is 7.67. The minimum absolute atomic E-state index is 0.311. The van der Waals surface area contributed by atoms with Gasteiger partial charge in [0.1, 0.15) is 12.6 Å². The molecule has 5 heteroatoms. The molecule has 2 aromatic carbocycles. The second kappa shape index (κ2) is 9.97. The van der Waals surface area contributed by atoms with Crippen LogP contribution in [0.3, 0.4) is 0 Å². The van der Waals surface area contributed by atoms with Crippen LogP contribution in [0.15, 0.2) is 42.5 Å². The van der Waals surface area contributed by atoms with Crippen molar-refractivity contribution in [1.82, 2.24) is 5.32 Å². The van der Waals surface area contributed by atoms with Gasteiger partial charge < -0.3 is 19.9 Å². The van der Waals surface area contributed by atoms with E-state index in [-0.39, 0.29) is 0 Å². The largest absolute Gasteiger partial charge is 0.493 e. The van der Waals surface area contributed by atoms with Crippen molar-refractivity contribution in [3.05, 3.63) is 59.2 Å². The van der Waals surface area contributed by atoms with Crippen LogP contribution in [0.5, 0.6) is 11.5 Å². The highest BCUT2D eigenvalue weighted by molar-refractivity contribution is 5.73. The standard InChI is InChI=1S/C22H29NO4/c1-15(2)10-19(22(24)25)23-13-17-8-9-20(21(12-17)26-4)27-14-18-7-5-6-16(3)11-18/h5-9,11-12,15,19,23H,10,13-14H2,1-4H3,(H,24,25). The first-order chi connectivity index (χ1) is 12.9. The van der Waals surface area contributed by atoms with E-state index >= 15 is 0 Å². The van der Waals surface area contributed by atoms with Gasteiger partial charge in [-0.25, -0.2) is 0 Å². The molecule has 0 spiro atoms. The SMILES string of the molecule is COc1cc(CNC(CC(C)C)C(=O)O)ccc1OCc1cccc(C)c1. The van der Waals surface area contributed by atoms with Crippen LogP contribution < -0.4 is 14.8 Å². The zero-order valence-electron chi connectivity index (χ0n) is 16.5. The average molecular weight is 371 g/mol. The fraction of sp³-hybridized carbons (Fsp3) is 0.409. The minimum Gasteiger partial charge on any atom is -0.493 e. The molecular formula is C22H29NO4. The van der Waals surface area contributed by atoms with Crippen molar-refractivity contribution in [2.24, 2.45) is 5.92 Å². The maximum Gasteiger partial charge on any atom is 0.320 e. The molecule has 0 saturated carbocycles. The molecule has 2 rings (SSSR count).